The molecule has 1 heterocycles. The Bertz CT molecular complexity index is 619. The molecule has 3 heteroatoms. The number of halogens is 2. The zero-order valence-electron chi connectivity index (χ0n) is 10.3. The van der Waals surface area contributed by atoms with Gasteiger partial charge in [-0.05, 0) is 36.6 Å². The predicted molar refractivity (Wildman–Crippen MR) is 84.1 cm³/mol. The van der Waals surface area contributed by atoms with Crippen molar-refractivity contribution < 1.29 is 0 Å². The molecule has 0 amide bonds. The molecule has 19 heavy (non-hydrogen) atoms. The van der Waals surface area contributed by atoms with E-state index >= 15 is 0 Å². The van der Waals surface area contributed by atoms with Crippen molar-refractivity contribution in [3.8, 4) is 0 Å². The van der Waals surface area contributed by atoms with E-state index in [1.165, 1.54) is 16.8 Å². The number of rotatable bonds is 2. The summed E-state index contributed by atoms with van der Waals surface area (Å²) in [4.78, 5) is 4.86. The van der Waals surface area contributed by atoms with E-state index in [0.29, 0.717) is 0 Å². The van der Waals surface area contributed by atoms with Crippen LogP contribution in [0.1, 0.15) is 30.0 Å². The first kappa shape index (κ1) is 12.9. The maximum absolute atomic E-state index is 5.92. The van der Waals surface area contributed by atoms with Crippen molar-refractivity contribution in [3.63, 3.8) is 0 Å². The van der Waals surface area contributed by atoms with Crippen LogP contribution < -0.4 is 0 Å². The molecule has 96 valence electrons. The van der Waals surface area contributed by atoms with Crippen LogP contribution in [-0.4, -0.2) is 5.71 Å². The number of hydrogen-bond donors (Lipinski definition) is 0. The van der Waals surface area contributed by atoms with Crippen molar-refractivity contribution >= 4 is 33.2 Å². The molecule has 0 bridgehead atoms. The van der Waals surface area contributed by atoms with Crippen LogP contribution in [0.3, 0.4) is 0 Å². The number of benzene rings is 2. The lowest BCUT2D eigenvalue weighted by molar-refractivity contribution is 0.723. The Labute approximate surface area is 126 Å². The number of nitrogens with zero attached hydrogens (tertiary/aromatic N) is 1. The average Bonchev–Trinajstić information content (AvgIpc) is 2.89. The zero-order valence-corrected chi connectivity index (χ0v) is 12.7. The minimum atomic E-state index is 0.263. The third-order valence-corrected chi connectivity index (χ3v) is 4.35. The molecular weight excluding hydrogens is 322 g/mol. The van der Waals surface area contributed by atoms with E-state index < -0.39 is 0 Å². The lowest BCUT2D eigenvalue weighted by Gasteiger charge is -2.06. The standard InChI is InChI=1S/C16H13BrClN/c17-14-4-2-1-3-13(14)16-10-9-15(19-16)11-5-7-12(18)8-6-11/h1-8,15H,9-10H2. The molecule has 1 nitrogen and oxygen atoms in total. The smallest absolute Gasteiger partial charge is 0.0756 e. The number of hydrogen-bond acceptors (Lipinski definition) is 1. The predicted octanol–water partition coefficient (Wildman–Crippen LogP) is 5.43. The highest BCUT2D eigenvalue weighted by Crippen LogP contribution is 2.33. The summed E-state index contributed by atoms with van der Waals surface area (Å²) >= 11 is 9.52. The second kappa shape index (κ2) is 5.48. The van der Waals surface area contributed by atoms with Gasteiger partial charge in [-0.1, -0.05) is 57.9 Å². The van der Waals surface area contributed by atoms with E-state index in [1.807, 2.05) is 18.2 Å². The molecule has 0 aliphatic carbocycles. The Balaban J connectivity index is 1.89. The van der Waals surface area contributed by atoms with Gasteiger partial charge in [-0.2, -0.15) is 0 Å². The minimum Gasteiger partial charge on any atom is -0.281 e. The van der Waals surface area contributed by atoms with Crippen molar-refractivity contribution in [1.29, 1.82) is 0 Å². The summed E-state index contributed by atoms with van der Waals surface area (Å²) < 4.78 is 1.12. The van der Waals surface area contributed by atoms with Crippen molar-refractivity contribution in [2.24, 2.45) is 4.99 Å². The van der Waals surface area contributed by atoms with Gasteiger partial charge in [-0.15, -0.1) is 0 Å². The Morgan fingerprint density at radius 1 is 1.05 bits per heavy atom. The first-order chi connectivity index (χ1) is 9.24. The fourth-order valence-corrected chi connectivity index (χ4v) is 3.06. The highest BCUT2D eigenvalue weighted by Gasteiger charge is 2.21. The summed E-state index contributed by atoms with van der Waals surface area (Å²) in [5.41, 5.74) is 3.64. The van der Waals surface area contributed by atoms with Crippen molar-refractivity contribution in [2.45, 2.75) is 18.9 Å². The van der Waals surface area contributed by atoms with E-state index in [-0.39, 0.29) is 6.04 Å². The first-order valence-electron chi connectivity index (χ1n) is 6.31. The summed E-state index contributed by atoms with van der Waals surface area (Å²) in [6.45, 7) is 0. The molecule has 2 aromatic carbocycles. The second-order valence-corrected chi connectivity index (χ2v) is 5.95. The van der Waals surface area contributed by atoms with E-state index in [1.54, 1.807) is 0 Å². The average molecular weight is 335 g/mol. The van der Waals surface area contributed by atoms with Gasteiger partial charge in [0.2, 0.25) is 0 Å². The molecule has 0 N–H and O–H groups in total. The van der Waals surface area contributed by atoms with E-state index in [0.717, 1.165) is 22.3 Å². The van der Waals surface area contributed by atoms with Gasteiger partial charge in [0.1, 0.15) is 0 Å². The van der Waals surface area contributed by atoms with Gasteiger partial charge < -0.3 is 0 Å². The monoisotopic (exact) mass is 333 g/mol. The molecule has 1 aliphatic rings. The van der Waals surface area contributed by atoms with Crippen LogP contribution in [0, 0.1) is 0 Å². The highest BCUT2D eigenvalue weighted by molar-refractivity contribution is 9.10. The molecule has 0 spiro atoms. The normalized spacial score (nSPS) is 18.4. The van der Waals surface area contributed by atoms with Gasteiger partial charge in [-0.25, -0.2) is 0 Å². The third kappa shape index (κ3) is 2.75. The topological polar surface area (TPSA) is 12.4 Å². The summed E-state index contributed by atoms with van der Waals surface area (Å²) in [6.07, 6.45) is 2.09. The lowest BCUT2D eigenvalue weighted by atomic mass is 10.0. The summed E-state index contributed by atoms with van der Waals surface area (Å²) in [5, 5.41) is 0.775. The molecule has 1 aliphatic heterocycles. The fraction of sp³-hybridized carbons (Fsp3) is 0.188. The Kier molecular flexibility index (Phi) is 3.72. The van der Waals surface area contributed by atoms with Gasteiger partial charge >= 0.3 is 0 Å². The van der Waals surface area contributed by atoms with Gasteiger partial charge in [0, 0.05) is 20.8 Å². The highest BCUT2D eigenvalue weighted by atomic mass is 79.9. The van der Waals surface area contributed by atoms with Gasteiger partial charge in [0.05, 0.1) is 6.04 Å². The molecule has 0 aromatic heterocycles. The fourth-order valence-electron chi connectivity index (χ4n) is 2.42. The summed E-state index contributed by atoms with van der Waals surface area (Å²) in [5.74, 6) is 0. The number of aliphatic imine (C=N–C) groups is 1. The summed E-state index contributed by atoms with van der Waals surface area (Å²) in [7, 11) is 0. The Hall–Kier alpha value is -1.12. The minimum absolute atomic E-state index is 0.263. The van der Waals surface area contributed by atoms with Crippen LogP contribution in [0.2, 0.25) is 5.02 Å². The molecule has 0 saturated carbocycles. The molecule has 3 rings (SSSR count). The van der Waals surface area contributed by atoms with E-state index in [4.69, 9.17) is 16.6 Å². The molecular formula is C16H13BrClN. The molecule has 0 radical (unpaired) electrons. The molecule has 1 atom stereocenters. The lowest BCUT2D eigenvalue weighted by Crippen LogP contribution is -1.96. The largest absolute Gasteiger partial charge is 0.281 e. The quantitative estimate of drug-likeness (QED) is 0.694. The van der Waals surface area contributed by atoms with Gasteiger partial charge in [0.25, 0.3) is 0 Å². The van der Waals surface area contributed by atoms with E-state index in [9.17, 15) is 0 Å². The van der Waals surface area contributed by atoms with Gasteiger partial charge in [-0.3, -0.25) is 4.99 Å². The van der Waals surface area contributed by atoms with Crippen LogP contribution in [0.15, 0.2) is 58.0 Å². The molecule has 1 unspecified atom stereocenters. The molecule has 2 aromatic rings. The summed E-state index contributed by atoms with van der Waals surface area (Å²) in [6, 6.07) is 16.5. The maximum atomic E-state index is 5.92. The maximum Gasteiger partial charge on any atom is 0.0756 e. The van der Waals surface area contributed by atoms with Crippen LogP contribution in [-0.2, 0) is 0 Å². The zero-order chi connectivity index (χ0) is 13.2. The Morgan fingerprint density at radius 2 is 1.79 bits per heavy atom. The SMILES string of the molecule is Clc1ccc(C2CCC(c3ccccc3Br)=N2)cc1. The first-order valence-corrected chi connectivity index (χ1v) is 7.48. The van der Waals surface area contributed by atoms with Crippen LogP contribution in [0.4, 0.5) is 0 Å². The van der Waals surface area contributed by atoms with Crippen molar-refractivity contribution in [3.05, 3.63) is 69.2 Å². The van der Waals surface area contributed by atoms with E-state index in [2.05, 4.69) is 46.3 Å². The van der Waals surface area contributed by atoms with Crippen LogP contribution >= 0.6 is 27.5 Å². The van der Waals surface area contributed by atoms with Gasteiger partial charge in [0.15, 0.2) is 0 Å². The third-order valence-electron chi connectivity index (χ3n) is 3.41. The Morgan fingerprint density at radius 3 is 2.53 bits per heavy atom. The van der Waals surface area contributed by atoms with Crippen molar-refractivity contribution in [1.82, 2.24) is 0 Å². The van der Waals surface area contributed by atoms with Crippen LogP contribution in [0.5, 0.6) is 0 Å². The molecule has 0 fully saturated rings. The van der Waals surface area contributed by atoms with Crippen molar-refractivity contribution in [2.75, 3.05) is 0 Å². The van der Waals surface area contributed by atoms with Crippen LogP contribution in [0.25, 0.3) is 0 Å². The second-order valence-electron chi connectivity index (χ2n) is 4.66. The molecule has 0 saturated heterocycles.